The molecular formula is C10H17N3O4S. The van der Waals surface area contributed by atoms with Crippen LogP contribution in [0, 0.1) is 5.92 Å². The van der Waals surface area contributed by atoms with Gasteiger partial charge in [0.1, 0.15) is 0 Å². The molecule has 0 saturated heterocycles. The van der Waals surface area contributed by atoms with Crippen LogP contribution < -0.4 is 5.32 Å². The first-order valence-corrected chi connectivity index (χ1v) is 7.47. The number of aromatic nitrogens is 2. The lowest BCUT2D eigenvalue weighted by Crippen LogP contribution is -2.26. The summed E-state index contributed by atoms with van der Waals surface area (Å²) in [5.41, 5.74) is 0. The number of nitrogens with one attached hydrogen (secondary N) is 1. The highest BCUT2D eigenvalue weighted by atomic mass is 32.2. The minimum atomic E-state index is -3.47. The maximum atomic E-state index is 11.3. The molecule has 0 aromatic carbocycles. The van der Waals surface area contributed by atoms with Crippen LogP contribution in [0.1, 0.15) is 26.2 Å². The first-order valence-electron chi connectivity index (χ1n) is 5.58. The van der Waals surface area contributed by atoms with Crippen LogP contribution in [-0.2, 0) is 21.1 Å². The van der Waals surface area contributed by atoms with Crippen molar-refractivity contribution in [3.05, 3.63) is 5.89 Å². The monoisotopic (exact) mass is 275 g/mol. The van der Waals surface area contributed by atoms with Crippen LogP contribution in [0.5, 0.6) is 0 Å². The van der Waals surface area contributed by atoms with Gasteiger partial charge in [-0.25, -0.2) is 8.42 Å². The number of nitrogens with zero attached hydrogens (tertiary/aromatic N) is 2. The summed E-state index contributed by atoms with van der Waals surface area (Å²) < 4.78 is 27.1. The van der Waals surface area contributed by atoms with Crippen molar-refractivity contribution in [2.75, 3.05) is 12.8 Å². The van der Waals surface area contributed by atoms with Gasteiger partial charge < -0.3 is 9.73 Å². The first-order chi connectivity index (χ1) is 8.29. The summed E-state index contributed by atoms with van der Waals surface area (Å²) in [6.07, 6.45) is 1.76. The Balaban J connectivity index is 2.41. The lowest BCUT2D eigenvalue weighted by atomic mass is 10.1. The van der Waals surface area contributed by atoms with Gasteiger partial charge in [-0.2, -0.15) is 0 Å². The van der Waals surface area contributed by atoms with Gasteiger partial charge in [-0.15, -0.1) is 5.10 Å². The Morgan fingerprint density at radius 3 is 2.56 bits per heavy atom. The number of sulfone groups is 1. The summed E-state index contributed by atoms with van der Waals surface area (Å²) in [5, 5.41) is 9.31. The van der Waals surface area contributed by atoms with Crippen molar-refractivity contribution in [1.29, 1.82) is 0 Å². The van der Waals surface area contributed by atoms with Gasteiger partial charge in [0.25, 0.3) is 0 Å². The summed E-state index contributed by atoms with van der Waals surface area (Å²) in [6, 6.07) is 0. The van der Waals surface area contributed by atoms with E-state index in [0.717, 1.165) is 6.26 Å². The van der Waals surface area contributed by atoms with Crippen molar-refractivity contribution in [3.8, 4) is 0 Å². The maximum Gasteiger partial charge on any atom is 0.335 e. The Morgan fingerprint density at radius 2 is 2.06 bits per heavy atom. The third kappa shape index (κ3) is 4.82. The summed E-state index contributed by atoms with van der Waals surface area (Å²) in [7, 11) is -3.47. The molecule has 7 nitrogen and oxygen atoms in total. The number of amides is 1. The molecule has 1 heterocycles. The molecule has 0 aliphatic heterocycles. The number of hydrogen-bond donors (Lipinski definition) is 1. The SMILES string of the molecule is CC(C)CC(=O)NCCc1nnc(S(C)(=O)=O)o1. The Kier molecular flexibility index (Phi) is 4.83. The lowest BCUT2D eigenvalue weighted by molar-refractivity contribution is -0.121. The second-order valence-corrected chi connectivity index (χ2v) is 6.33. The van der Waals surface area contributed by atoms with Crippen LogP contribution in [-0.4, -0.2) is 37.3 Å². The van der Waals surface area contributed by atoms with Crippen LogP contribution in [0.2, 0.25) is 0 Å². The molecule has 0 fully saturated rings. The Morgan fingerprint density at radius 1 is 1.39 bits per heavy atom. The van der Waals surface area contributed by atoms with Crippen molar-refractivity contribution in [2.45, 2.75) is 31.9 Å². The highest BCUT2D eigenvalue weighted by Gasteiger charge is 2.16. The van der Waals surface area contributed by atoms with Gasteiger partial charge in [0.05, 0.1) is 0 Å². The molecule has 0 spiro atoms. The fourth-order valence-corrected chi connectivity index (χ4v) is 1.68. The number of hydrogen-bond acceptors (Lipinski definition) is 6. The van der Waals surface area contributed by atoms with Crippen molar-refractivity contribution < 1.29 is 17.6 Å². The molecule has 0 aliphatic carbocycles. The van der Waals surface area contributed by atoms with E-state index in [9.17, 15) is 13.2 Å². The summed E-state index contributed by atoms with van der Waals surface area (Å²) in [4.78, 5) is 11.3. The van der Waals surface area contributed by atoms with E-state index in [1.807, 2.05) is 13.8 Å². The van der Waals surface area contributed by atoms with Crippen LogP contribution >= 0.6 is 0 Å². The van der Waals surface area contributed by atoms with Gasteiger partial charge in [0, 0.05) is 25.6 Å². The molecule has 1 rings (SSSR count). The number of carbonyl (C=O) groups is 1. The van der Waals surface area contributed by atoms with E-state index in [2.05, 4.69) is 15.5 Å². The first kappa shape index (κ1) is 14.6. The second kappa shape index (κ2) is 5.94. The van der Waals surface area contributed by atoms with Gasteiger partial charge in [-0.3, -0.25) is 4.79 Å². The van der Waals surface area contributed by atoms with E-state index in [0.29, 0.717) is 25.3 Å². The van der Waals surface area contributed by atoms with Crippen LogP contribution in [0.25, 0.3) is 0 Å². The fourth-order valence-electron chi connectivity index (χ4n) is 1.24. The minimum absolute atomic E-state index is 0.0483. The van der Waals surface area contributed by atoms with E-state index in [1.165, 1.54) is 0 Å². The van der Waals surface area contributed by atoms with E-state index in [1.54, 1.807) is 0 Å². The molecule has 0 radical (unpaired) electrons. The minimum Gasteiger partial charge on any atom is -0.412 e. The van der Waals surface area contributed by atoms with Gasteiger partial charge in [-0.05, 0) is 5.92 Å². The third-order valence-corrected chi connectivity index (χ3v) is 2.82. The fraction of sp³-hybridized carbons (Fsp3) is 0.700. The predicted octanol–water partition coefficient (Wildman–Crippen LogP) is 0.178. The smallest absolute Gasteiger partial charge is 0.335 e. The predicted molar refractivity (Wildman–Crippen MR) is 63.6 cm³/mol. The van der Waals surface area contributed by atoms with Crippen LogP contribution in [0.3, 0.4) is 0 Å². The summed E-state index contributed by atoms with van der Waals surface area (Å²) in [5.74, 6) is 0.443. The average molecular weight is 275 g/mol. The van der Waals surface area contributed by atoms with Gasteiger partial charge in [-0.1, -0.05) is 18.9 Å². The molecule has 18 heavy (non-hydrogen) atoms. The van der Waals surface area contributed by atoms with Crippen molar-refractivity contribution in [1.82, 2.24) is 15.5 Å². The average Bonchev–Trinajstić information content (AvgIpc) is 2.64. The molecule has 8 heteroatoms. The summed E-state index contributed by atoms with van der Waals surface area (Å²) in [6.45, 7) is 4.25. The van der Waals surface area contributed by atoms with Gasteiger partial charge >= 0.3 is 5.22 Å². The van der Waals surface area contributed by atoms with Crippen LogP contribution in [0.4, 0.5) is 0 Å². The van der Waals surface area contributed by atoms with Crippen molar-refractivity contribution in [3.63, 3.8) is 0 Å². The normalized spacial score (nSPS) is 11.8. The van der Waals surface area contributed by atoms with Gasteiger partial charge in [0.15, 0.2) is 0 Å². The molecule has 1 aromatic rings. The molecule has 0 aliphatic rings. The molecule has 0 bridgehead atoms. The Hall–Kier alpha value is -1.44. The molecule has 0 unspecified atom stereocenters. The quantitative estimate of drug-likeness (QED) is 0.794. The van der Waals surface area contributed by atoms with E-state index >= 15 is 0 Å². The Bertz CT molecular complexity index is 507. The third-order valence-electron chi connectivity index (χ3n) is 2.02. The zero-order chi connectivity index (χ0) is 13.8. The second-order valence-electron chi connectivity index (χ2n) is 4.43. The number of rotatable bonds is 6. The summed E-state index contributed by atoms with van der Waals surface area (Å²) >= 11 is 0. The molecule has 0 atom stereocenters. The molecule has 1 N–H and O–H groups in total. The van der Waals surface area contributed by atoms with Crippen molar-refractivity contribution >= 4 is 15.7 Å². The van der Waals surface area contributed by atoms with E-state index < -0.39 is 15.1 Å². The largest absolute Gasteiger partial charge is 0.412 e. The maximum absolute atomic E-state index is 11.3. The molecule has 1 aromatic heterocycles. The topological polar surface area (TPSA) is 102 Å². The lowest BCUT2D eigenvalue weighted by Gasteiger charge is -2.05. The van der Waals surface area contributed by atoms with Crippen LogP contribution in [0.15, 0.2) is 9.64 Å². The Labute approximate surface area is 106 Å². The molecule has 1 amide bonds. The molecular weight excluding hydrogens is 258 g/mol. The molecule has 0 saturated carbocycles. The zero-order valence-corrected chi connectivity index (χ0v) is 11.5. The highest BCUT2D eigenvalue weighted by molar-refractivity contribution is 7.90. The number of carbonyl (C=O) groups excluding carboxylic acids is 1. The van der Waals surface area contributed by atoms with E-state index in [-0.39, 0.29) is 11.8 Å². The standard InChI is InChI=1S/C10H17N3O4S/c1-7(2)6-8(14)11-5-4-9-12-13-10(17-9)18(3,15)16/h7H,4-6H2,1-3H3,(H,11,14). The van der Waals surface area contributed by atoms with E-state index in [4.69, 9.17) is 4.42 Å². The van der Waals surface area contributed by atoms with Gasteiger partial charge in [0.2, 0.25) is 21.6 Å². The highest BCUT2D eigenvalue weighted by Crippen LogP contribution is 2.06. The zero-order valence-electron chi connectivity index (χ0n) is 10.6. The molecule has 102 valence electrons. The van der Waals surface area contributed by atoms with Crippen molar-refractivity contribution in [2.24, 2.45) is 5.92 Å².